The van der Waals surface area contributed by atoms with Gasteiger partial charge in [-0.2, -0.15) is 13.2 Å². The minimum absolute atomic E-state index is 0.181. The molecule has 0 saturated carbocycles. The van der Waals surface area contributed by atoms with Gasteiger partial charge in [0.15, 0.2) is 0 Å². The fourth-order valence-corrected chi connectivity index (χ4v) is 3.87. The third-order valence-electron chi connectivity index (χ3n) is 4.02. The van der Waals surface area contributed by atoms with Crippen molar-refractivity contribution in [3.63, 3.8) is 0 Å². The molecule has 0 saturated heterocycles. The number of allylic oxidation sites excluding steroid dienone is 1. The topological polar surface area (TPSA) is 61.7 Å². The number of aromatic carboxylic acids is 1. The van der Waals surface area contributed by atoms with E-state index in [4.69, 9.17) is 0 Å². The Hall–Kier alpha value is -2.61. The van der Waals surface area contributed by atoms with Crippen LogP contribution in [0.5, 0.6) is 0 Å². The fourth-order valence-electron chi connectivity index (χ4n) is 2.82. The van der Waals surface area contributed by atoms with Crippen molar-refractivity contribution in [3.05, 3.63) is 57.5 Å². The molecule has 1 aliphatic rings. The fraction of sp³-hybridized carbons (Fsp3) is 0.222. The van der Waals surface area contributed by atoms with Gasteiger partial charge < -0.3 is 10.4 Å². The molecule has 2 aromatic rings. The summed E-state index contributed by atoms with van der Waals surface area (Å²) in [6.07, 6.45) is -2.42. The van der Waals surface area contributed by atoms with Crippen molar-refractivity contribution in [2.24, 2.45) is 4.99 Å². The Labute approximate surface area is 151 Å². The number of hydrogen-bond acceptors (Lipinski definition) is 4. The van der Waals surface area contributed by atoms with Crippen LogP contribution in [0.25, 0.3) is 5.70 Å². The van der Waals surface area contributed by atoms with Crippen LogP contribution in [0.2, 0.25) is 0 Å². The maximum atomic E-state index is 12.9. The smallest absolute Gasteiger partial charge is 0.416 e. The lowest BCUT2D eigenvalue weighted by molar-refractivity contribution is -0.137. The Kier molecular flexibility index (Phi) is 4.62. The molecule has 2 N–H and O–H groups in total. The average Bonchev–Trinajstić information content (AvgIpc) is 2.91. The molecule has 0 aliphatic carbocycles. The molecule has 0 atom stereocenters. The highest BCUT2D eigenvalue weighted by atomic mass is 32.1. The quantitative estimate of drug-likeness (QED) is 0.787. The highest BCUT2D eigenvalue weighted by Crippen LogP contribution is 2.41. The predicted molar refractivity (Wildman–Crippen MR) is 95.0 cm³/mol. The van der Waals surface area contributed by atoms with Gasteiger partial charge >= 0.3 is 12.1 Å². The number of halogens is 3. The summed E-state index contributed by atoms with van der Waals surface area (Å²) in [4.78, 5) is 16.0. The van der Waals surface area contributed by atoms with E-state index in [1.807, 2.05) is 0 Å². The first-order chi connectivity index (χ1) is 12.2. The number of amidine groups is 1. The van der Waals surface area contributed by atoms with E-state index >= 15 is 0 Å². The van der Waals surface area contributed by atoms with Crippen molar-refractivity contribution in [1.82, 2.24) is 5.32 Å². The summed E-state index contributed by atoms with van der Waals surface area (Å²) < 4.78 is 38.6. The van der Waals surface area contributed by atoms with Crippen LogP contribution >= 0.6 is 11.3 Å². The molecule has 0 bridgehead atoms. The van der Waals surface area contributed by atoms with E-state index in [2.05, 4.69) is 10.3 Å². The molecule has 0 amide bonds. The zero-order chi connectivity index (χ0) is 19.1. The number of rotatable bonds is 3. The van der Waals surface area contributed by atoms with Gasteiger partial charge in [-0.05, 0) is 31.0 Å². The molecule has 26 heavy (non-hydrogen) atoms. The minimum Gasteiger partial charge on any atom is -0.477 e. The molecule has 0 unspecified atom stereocenters. The standard InChI is InChI=1S/C18H15F3N2O2S/c1-3-12-14-9(2)15(17(24)25)26-16(14)23-13(22-12)8-10-5-4-6-11(7-10)18(19,20)21/h3-7H,8H2,1-2H3,(H,22,23)(H,24,25)/b12-3+. The lowest BCUT2D eigenvalue weighted by Crippen LogP contribution is -2.26. The van der Waals surface area contributed by atoms with Crippen LogP contribution < -0.4 is 5.32 Å². The van der Waals surface area contributed by atoms with Crippen LogP contribution in [-0.2, 0) is 12.6 Å². The monoisotopic (exact) mass is 380 g/mol. The van der Waals surface area contributed by atoms with Crippen molar-refractivity contribution in [2.45, 2.75) is 26.4 Å². The summed E-state index contributed by atoms with van der Waals surface area (Å²) in [6.45, 7) is 3.52. The number of aliphatic imine (C=N–C) groups is 1. The van der Waals surface area contributed by atoms with Gasteiger partial charge in [0, 0.05) is 17.7 Å². The van der Waals surface area contributed by atoms with Crippen LogP contribution in [-0.4, -0.2) is 16.9 Å². The Morgan fingerprint density at radius 3 is 2.73 bits per heavy atom. The van der Waals surface area contributed by atoms with Crippen molar-refractivity contribution in [3.8, 4) is 0 Å². The molecule has 3 rings (SSSR count). The zero-order valence-corrected chi connectivity index (χ0v) is 14.8. The van der Waals surface area contributed by atoms with Gasteiger partial charge in [0.25, 0.3) is 0 Å². The molecule has 136 valence electrons. The number of fused-ring (bicyclic) bond motifs is 1. The van der Waals surface area contributed by atoms with Crippen molar-refractivity contribution in [1.29, 1.82) is 0 Å². The number of alkyl halides is 3. The molecule has 1 aromatic carbocycles. The number of carboxylic acids is 1. The van der Waals surface area contributed by atoms with E-state index in [0.29, 0.717) is 27.7 Å². The Morgan fingerprint density at radius 1 is 1.38 bits per heavy atom. The lowest BCUT2D eigenvalue weighted by Gasteiger charge is -2.19. The van der Waals surface area contributed by atoms with E-state index in [-0.39, 0.29) is 11.3 Å². The molecule has 2 heterocycles. The second-order valence-electron chi connectivity index (χ2n) is 5.80. The number of carbonyl (C=O) groups is 1. The summed E-state index contributed by atoms with van der Waals surface area (Å²) in [5, 5.41) is 12.9. The van der Waals surface area contributed by atoms with Crippen LogP contribution in [0.1, 0.15) is 38.8 Å². The van der Waals surface area contributed by atoms with Crippen LogP contribution in [0.4, 0.5) is 18.2 Å². The second kappa shape index (κ2) is 6.60. The number of nitrogens with one attached hydrogen (secondary N) is 1. The zero-order valence-electron chi connectivity index (χ0n) is 13.9. The van der Waals surface area contributed by atoms with Crippen molar-refractivity contribution < 1.29 is 23.1 Å². The van der Waals surface area contributed by atoms with Crippen LogP contribution in [0.3, 0.4) is 0 Å². The largest absolute Gasteiger partial charge is 0.477 e. The van der Waals surface area contributed by atoms with Crippen molar-refractivity contribution >= 4 is 33.8 Å². The molecule has 4 nitrogen and oxygen atoms in total. The first kappa shape index (κ1) is 18.2. The number of carboxylic acid groups (broad SMARTS) is 1. The Balaban J connectivity index is 1.98. The highest BCUT2D eigenvalue weighted by molar-refractivity contribution is 7.18. The summed E-state index contributed by atoms with van der Waals surface area (Å²) in [5.41, 5.74) is 1.82. The molecule has 0 radical (unpaired) electrons. The van der Waals surface area contributed by atoms with E-state index in [1.165, 1.54) is 6.07 Å². The van der Waals surface area contributed by atoms with Gasteiger partial charge in [-0.1, -0.05) is 24.3 Å². The number of thiophene rings is 1. The van der Waals surface area contributed by atoms with E-state index < -0.39 is 17.7 Å². The highest BCUT2D eigenvalue weighted by Gasteiger charge is 2.31. The normalized spacial score (nSPS) is 15.4. The first-order valence-electron chi connectivity index (χ1n) is 7.74. The number of benzene rings is 1. The SMILES string of the molecule is C/C=C1/NC(Cc2cccc(C(F)(F)F)c2)=Nc2sc(C(=O)O)c(C)c21. The Morgan fingerprint density at radius 2 is 2.12 bits per heavy atom. The van der Waals surface area contributed by atoms with Gasteiger partial charge in [0.1, 0.15) is 15.7 Å². The van der Waals surface area contributed by atoms with Gasteiger partial charge in [0.05, 0.1) is 5.56 Å². The Bertz CT molecular complexity index is 942. The molecule has 8 heteroatoms. The maximum absolute atomic E-state index is 12.9. The third kappa shape index (κ3) is 3.37. The molecule has 0 spiro atoms. The molecular weight excluding hydrogens is 365 g/mol. The lowest BCUT2D eigenvalue weighted by atomic mass is 10.0. The van der Waals surface area contributed by atoms with Crippen LogP contribution in [0, 0.1) is 6.92 Å². The minimum atomic E-state index is -4.40. The van der Waals surface area contributed by atoms with Gasteiger partial charge in [-0.25, -0.2) is 9.79 Å². The molecule has 1 aliphatic heterocycles. The first-order valence-corrected chi connectivity index (χ1v) is 8.56. The second-order valence-corrected chi connectivity index (χ2v) is 6.80. The van der Waals surface area contributed by atoms with E-state index in [1.54, 1.807) is 26.0 Å². The molecular formula is C18H15F3N2O2S. The average molecular weight is 380 g/mol. The van der Waals surface area contributed by atoms with E-state index in [9.17, 15) is 23.1 Å². The van der Waals surface area contributed by atoms with Gasteiger partial charge in [-0.15, -0.1) is 11.3 Å². The number of nitrogens with zero attached hydrogens (tertiary/aromatic N) is 1. The number of hydrogen-bond donors (Lipinski definition) is 2. The summed E-state index contributed by atoms with van der Waals surface area (Å²) >= 11 is 1.06. The third-order valence-corrected chi connectivity index (χ3v) is 5.20. The predicted octanol–water partition coefficient (Wildman–Crippen LogP) is 5.01. The van der Waals surface area contributed by atoms with E-state index in [0.717, 1.165) is 29.0 Å². The summed E-state index contributed by atoms with van der Waals surface area (Å²) in [5.74, 6) is -0.546. The summed E-state index contributed by atoms with van der Waals surface area (Å²) in [7, 11) is 0. The molecule has 0 fully saturated rings. The van der Waals surface area contributed by atoms with Gasteiger partial charge in [0.2, 0.25) is 0 Å². The van der Waals surface area contributed by atoms with Crippen LogP contribution in [0.15, 0.2) is 35.3 Å². The molecule has 1 aromatic heterocycles. The maximum Gasteiger partial charge on any atom is 0.416 e. The summed E-state index contributed by atoms with van der Waals surface area (Å²) in [6, 6.07) is 5.09. The van der Waals surface area contributed by atoms with Crippen molar-refractivity contribution in [2.75, 3.05) is 0 Å². The van der Waals surface area contributed by atoms with Gasteiger partial charge in [-0.3, -0.25) is 0 Å².